The minimum absolute atomic E-state index is 0.139. The molecule has 1 atom stereocenters. The van der Waals surface area contributed by atoms with Crippen molar-refractivity contribution in [3.63, 3.8) is 0 Å². The first-order chi connectivity index (χ1) is 6.54. The molecule has 1 unspecified atom stereocenters. The SMILES string of the molecule is C=C(CC)CC(N)c1cc(C)c(C)s1. The molecule has 1 aromatic heterocycles. The van der Waals surface area contributed by atoms with Crippen molar-refractivity contribution in [1.29, 1.82) is 0 Å². The molecule has 0 aliphatic heterocycles. The zero-order valence-corrected chi connectivity index (χ0v) is 10.1. The van der Waals surface area contributed by atoms with Gasteiger partial charge in [0.15, 0.2) is 0 Å². The molecular weight excluding hydrogens is 190 g/mol. The van der Waals surface area contributed by atoms with Gasteiger partial charge in [0.1, 0.15) is 0 Å². The lowest BCUT2D eigenvalue weighted by Gasteiger charge is -2.10. The minimum Gasteiger partial charge on any atom is -0.323 e. The third-order valence-electron chi connectivity index (χ3n) is 2.56. The van der Waals surface area contributed by atoms with Crippen LogP contribution < -0.4 is 5.73 Å². The van der Waals surface area contributed by atoms with Crippen molar-refractivity contribution in [2.24, 2.45) is 5.73 Å². The fraction of sp³-hybridized carbons (Fsp3) is 0.500. The van der Waals surface area contributed by atoms with E-state index in [0.717, 1.165) is 12.8 Å². The number of aryl methyl sites for hydroxylation is 2. The van der Waals surface area contributed by atoms with E-state index >= 15 is 0 Å². The summed E-state index contributed by atoms with van der Waals surface area (Å²) in [6.45, 7) is 10.4. The number of hydrogen-bond acceptors (Lipinski definition) is 2. The maximum atomic E-state index is 6.10. The predicted octanol–water partition coefficient (Wildman–Crippen LogP) is 3.72. The van der Waals surface area contributed by atoms with E-state index in [9.17, 15) is 0 Å². The molecular formula is C12H19NS. The lowest BCUT2D eigenvalue weighted by atomic mass is 10.0. The summed E-state index contributed by atoms with van der Waals surface area (Å²) in [5, 5.41) is 0. The molecule has 2 heteroatoms. The highest BCUT2D eigenvalue weighted by atomic mass is 32.1. The normalized spacial score (nSPS) is 12.9. The molecule has 2 N–H and O–H groups in total. The Bertz CT molecular complexity index is 306. The summed E-state index contributed by atoms with van der Waals surface area (Å²) in [6, 6.07) is 2.34. The van der Waals surface area contributed by atoms with Crippen LogP contribution in [0.3, 0.4) is 0 Å². The molecule has 0 bridgehead atoms. The van der Waals surface area contributed by atoms with Gasteiger partial charge in [0, 0.05) is 15.8 Å². The number of thiophene rings is 1. The fourth-order valence-corrected chi connectivity index (χ4v) is 2.38. The molecule has 0 aliphatic rings. The van der Waals surface area contributed by atoms with Crippen molar-refractivity contribution < 1.29 is 0 Å². The molecule has 1 nitrogen and oxygen atoms in total. The van der Waals surface area contributed by atoms with E-state index in [-0.39, 0.29) is 6.04 Å². The van der Waals surface area contributed by atoms with Gasteiger partial charge in [-0.3, -0.25) is 0 Å². The van der Waals surface area contributed by atoms with Crippen molar-refractivity contribution >= 4 is 11.3 Å². The van der Waals surface area contributed by atoms with E-state index in [1.54, 1.807) is 0 Å². The second-order valence-electron chi connectivity index (χ2n) is 3.80. The van der Waals surface area contributed by atoms with Crippen LogP contribution in [0.5, 0.6) is 0 Å². The van der Waals surface area contributed by atoms with E-state index in [1.165, 1.54) is 20.9 Å². The van der Waals surface area contributed by atoms with Crippen LogP contribution >= 0.6 is 11.3 Å². The van der Waals surface area contributed by atoms with E-state index in [4.69, 9.17) is 5.73 Å². The van der Waals surface area contributed by atoms with Crippen LogP contribution in [-0.4, -0.2) is 0 Å². The average molecular weight is 209 g/mol. The van der Waals surface area contributed by atoms with Gasteiger partial charge in [0.2, 0.25) is 0 Å². The third kappa shape index (κ3) is 2.69. The molecule has 0 spiro atoms. The quantitative estimate of drug-likeness (QED) is 0.751. The van der Waals surface area contributed by atoms with Crippen molar-refractivity contribution in [3.8, 4) is 0 Å². The van der Waals surface area contributed by atoms with Crippen molar-refractivity contribution in [2.75, 3.05) is 0 Å². The van der Waals surface area contributed by atoms with Gasteiger partial charge in [-0.15, -0.1) is 11.3 Å². The maximum Gasteiger partial charge on any atom is 0.0427 e. The molecule has 0 saturated carbocycles. The predicted molar refractivity (Wildman–Crippen MR) is 64.8 cm³/mol. The average Bonchev–Trinajstić information content (AvgIpc) is 2.47. The molecule has 0 saturated heterocycles. The second kappa shape index (κ2) is 4.76. The molecule has 0 fully saturated rings. The summed E-state index contributed by atoms with van der Waals surface area (Å²) < 4.78 is 0. The van der Waals surface area contributed by atoms with E-state index < -0.39 is 0 Å². The van der Waals surface area contributed by atoms with Crippen molar-refractivity contribution in [2.45, 2.75) is 39.7 Å². The summed E-state index contributed by atoms with van der Waals surface area (Å²) in [4.78, 5) is 2.66. The summed E-state index contributed by atoms with van der Waals surface area (Å²) in [7, 11) is 0. The molecule has 0 radical (unpaired) electrons. The highest BCUT2D eigenvalue weighted by molar-refractivity contribution is 7.12. The van der Waals surface area contributed by atoms with Gasteiger partial charge in [0.25, 0.3) is 0 Å². The van der Waals surface area contributed by atoms with Gasteiger partial charge in [-0.2, -0.15) is 0 Å². The van der Waals surface area contributed by atoms with E-state index in [1.807, 2.05) is 11.3 Å². The summed E-state index contributed by atoms with van der Waals surface area (Å²) in [6.07, 6.45) is 1.94. The Balaban J connectivity index is 2.69. The fourth-order valence-electron chi connectivity index (χ4n) is 1.34. The largest absolute Gasteiger partial charge is 0.323 e. The van der Waals surface area contributed by atoms with Gasteiger partial charge < -0.3 is 5.73 Å². The van der Waals surface area contributed by atoms with Crippen LogP contribution in [0.2, 0.25) is 0 Å². The Morgan fingerprint density at radius 1 is 1.57 bits per heavy atom. The molecule has 0 aromatic carbocycles. The zero-order valence-electron chi connectivity index (χ0n) is 9.26. The highest BCUT2D eigenvalue weighted by Crippen LogP contribution is 2.28. The standard InChI is InChI=1S/C12H19NS/c1-5-8(2)6-11(13)12-7-9(3)10(4)14-12/h7,11H,2,5-6,13H2,1,3-4H3. The first kappa shape index (κ1) is 11.5. The Hall–Kier alpha value is -0.600. The van der Waals surface area contributed by atoms with Gasteiger partial charge in [0.05, 0.1) is 0 Å². The van der Waals surface area contributed by atoms with Crippen LogP contribution in [0.1, 0.15) is 41.1 Å². The zero-order chi connectivity index (χ0) is 10.7. The van der Waals surface area contributed by atoms with Crippen molar-refractivity contribution in [3.05, 3.63) is 33.5 Å². The maximum absolute atomic E-state index is 6.10. The Kier molecular flexibility index (Phi) is 3.90. The molecule has 0 aliphatic carbocycles. The lowest BCUT2D eigenvalue weighted by molar-refractivity contribution is 0.713. The third-order valence-corrected chi connectivity index (χ3v) is 3.84. The Morgan fingerprint density at radius 2 is 2.21 bits per heavy atom. The highest BCUT2D eigenvalue weighted by Gasteiger charge is 2.10. The first-order valence-electron chi connectivity index (χ1n) is 5.03. The molecule has 78 valence electrons. The molecule has 1 heterocycles. The van der Waals surface area contributed by atoms with Crippen LogP contribution in [0.15, 0.2) is 18.2 Å². The van der Waals surface area contributed by atoms with Gasteiger partial charge in [-0.1, -0.05) is 19.1 Å². The van der Waals surface area contributed by atoms with Crippen LogP contribution in [0.4, 0.5) is 0 Å². The van der Waals surface area contributed by atoms with Crippen molar-refractivity contribution in [1.82, 2.24) is 0 Å². The van der Waals surface area contributed by atoms with E-state index in [0.29, 0.717) is 0 Å². The summed E-state index contributed by atoms with van der Waals surface area (Å²) >= 11 is 1.81. The Labute approximate surface area is 90.6 Å². The monoisotopic (exact) mass is 209 g/mol. The van der Waals surface area contributed by atoms with Gasteiger partial charge in [-0.25, -0.2) is 0 Å². The second-order valence-corrected chi connectivity index (χ2v) is 5.09. The van der Waals surface area contributed by atoms with Crippen LogP contribution in [-0.2, 0) is 0 Å². The molecule has 1 aromatic rings. The molecule has 14 heavy (non-hydrogen) atoms. The van der Waals surface area contributed by atoms with Gasteiger partial charge in [-0.05, 0) is 38.3 Å². The first-order valence-corrected chi connectivity index (χ1v) is 5.85. The number of rotatable bonds is 4. The van der Waals surface area contributed by atoms with Gasteiger partial charge >= 0.3 is 0 Å². The van der Waals surface area contributed by atoms with E-state index in [2.05, 4.69) is 33.4 Å². The minimum atomic E-state index is 0.139. The topological polar surface area (TPSA) is 26.0 Å². The smallest absolute Gasteiger partial charge is 0.0427 e. The van der Waals surface area contributed by atoms with Crippen LogP contribution in [0, 0.1) is 13.8 Å². The molecule has 0 amide bonds. The summed E-state index contributed by atoms with van der Waals surface area (Å²) in [5.74, 6) is 0. The molecule has 1 rings (SSSR count). The number of hydrogen-bond donors (Lipinski definition) is 1. The lowest BCUT2D eigenvalue weighted by Crippen LogP contribution is -2.08. The number of nitrogens with two attached hydrogens (primary N) is 1. The Morgan fingerprint density at radius 3 is 2.64 bits per heavy atom. The van der Waals surface area contributed by atoms with Crippen LogP contribution in [0.25, 0.3) is 0 Å². The summed E-state index contributed by atoms with van der Waals surface area (Å²) in [5.41, 5.74) is 8.69.